The van der Waals surface area contributed by atoms with Gasteiger partial charge in [-0.2, -0.15) is 0 Å². The van der Waals surface area contributed by atoms with E-state index < -0.39 is 17.4 Å². The Balaban J connectivity index is 2.04. The highest BCUT2D eigenvalue weighted by molar-refractivity contribution is 5.97. The van der Waals surface area contributed by atoms with E-state index >= 15 is 0 Å². The van der Waals surface area contributed by atoms with E-state index in [1.807, 2.05) is 6.92 Å². The minimum atomic E-state index is -0.770. The number of ketones is 1. The van der Waals surface area contributed by atoms with Gasteiger partial charge in [0.2, 0.25) is 5.78 Å². The number of carbonyl (C=O) groups excluding carboxylic acids is 1. The van der Waals surface area contributed by atoms with Gasteiger partial charge in [-0.3, -0.25) is 4.79 Å². The number of Topliss-reactive ketones (excluding diaryl/α,β-unsaturated/α-hetero) is 1. The van der Waals surface area contributed by atoms with Crippen LogP contribution >= 0.6 is 0 Å². The van der Waals surface area contributed by atoms with Gasteiger partial charge in [0.05, 0.1) is 12.2 Å². The molecule has 5 heteroatoms. The van der Waals surface area contributed by atoms with E-state index in [0.29, 0.717) is 18.1 Å². The second-order valence-electron chi connectivity index (χ2n) is 4.24. The number of rotatable bonds is 6. The third-order valence-electron chi connectivity index (χ3n) is 2.72. The van der Waals surface area contributed by atoms with Crippen LogP contribution < -0.4 is 9.47 Å². The van der Waals surface area contributed by atoms with Gasteiger partial charge < -0.3 is 9.47 Å². The van der Waals surface area contributed by atoms with Crippen LogP contribution in [0.5, 0.6) is 11.5 Å². The van der Waals surface area contributed by atoms with Crippen LogP contribution in [0.4, 0.5) is 8.78 Å². The summed E-state index contributed by atoms with van der Waals surface area (Å²) in [6.07, 6.45) is 0. The summed E-state index contributed by atoms with van der Waals surface area (Å²) in [5.41, 5.74) is -0.323. The predicted octanol–water partition coefficient (Wildman–Crippen LogP) is 3.63. The smallest absolute Gasteiger partial charge is 0.203 e. The predicted molar refractivity (Wildman–Crippen MR) is 73.8 cm³/mol. The highest BCUT2D eigenvalue weighted by Crippen LogP contribution is 2.20. The Hall–Kier alpha value is -2.43. The first-order chi connectivity index (χ1) is 10.1. The molecule has 0 N–H and O–H groups in total. The van der Waals surface area contributed by atoms with Gasteiger partial charge in [0.25, 0.3) is 0 Å². The number of ether oxygens (including phenoxy) is 2. The van der Waals surface area contributed by atoms with Gasteiger partial charge in [0.1, 0.15) is 23.1 Å². The maximum Gasteiger partial charge on any atom is 0.203 e. The minimum absolute atomic E-state index is 0.323. The number of benzene rings is 2. The molecule has 0 aliphatic carbocycles. The van der Waals surface area contributed by atoms with Crippen molar-refractivity contribution < 1.29 is 23.0 Å². The van der Waals surface area contributed by atoms with Crippen LogP contribution in [-0.4, -0.2) is 19.0 Å². The van der Waals surface area contributed by atoms with Crippen molar-refractivity contribution in [3.05, 3.63) is 59.7 Å². The highest BCUT2D eigenvalue weighted by atomic mass is 19.1. The molecule has 0 spiro atoms. The van der Waals surface area contributed by atoms with Gasteiger partial charge in [-0.15, -0.1) is 0 Å². The van der Waals surface area contributed by atoms with Crippen LogP contribution in [0.3, 0.4) is 0 Å². The van der Waals surface area contributed by atoms with E-state index in [-0.39, 0.29) is 12.2 Å². The fourth-order valence-corrected chi connectivity index (χ4v) is 1.76. The second kappa shape index (κ2) is 6.83. The monoisotopic (exact) mass is 292 g/mol. The molecular formula is C16H14F2O3. The Bertz CT molecular complexity index is 641. The summed E-state index contributed by atoms with van der Waals surface area (Å²) in [6, 6.07) is 9.48. The molecule has 0 atom stereocenters. The molecule has 0 amide bonds. The molecule has 2 aromatic rings. The van der Waals surface area contributed by atoms with Gasteiger partial charge in [0.15, 0.2) is 6.61 Å². The van der Waals surface area contributed by atoms with E-state index in [0.717, 1.165) is 18.2 Å². The lowest BCUT2D eigenvalue weighted by Gasteiger charge is -2.08. The number of hydrogen-bond acceptors (Lipinski definition) is 3. The maximum absolute atomic E-state index is 13.4. The highest BCUT2D eigenvalue weighted by Gasteiger charge is 2.13. The van der Waals surface area contributed by atoms with Crippen molar-refractivity contribution in [2.24, 2.45) is 0 Å². The van der Waals surface area contributed by atoms with Crippen molar-refractivity contribution in [2.45, 2.75) is 6.92 Å². The van der Waals surface area contributed by atoms with Crippen LogP contribution in [0.15, 0.2) is 42.5 Å². The molecule has 2 aromatic carbocycles. The normalized spacial score (nSPS) is 10.2. The quantitative estimate of drug-likeness (QED) is 0.763. The van der Waals surface area contributed by atoms with Crippen LogP contribution in [0.2, 0.25) is 0 Å². The third-order valence-corrected chi connectivity index (χ3v) is 2.72. The summed E-state index contributed by atoms with van der Waals surface area (Å²) in [5.74, 6) is -1.04. The second-order valence-corrected chi connectivity index (χ2v) is 4.24. The Labute approximate surface area is 121 Å². The Morgan fingerprint density at radius 3 is 2.48 bits per heavy atom. The molecule has 0 saturated heterocycles. The summed E-state index contributed by atoms with van der Waals surface area (Å²) >= 11 is 0. The first-order valence-electron chi connectivity index (χ1n) is 6.44. The molecule has 21 heavy (non-hydrogen) atoms. The molecule has 0 aliphatic heterocycles. The summed E-state index contributed by atoms with van der Waals surface area (Å²) < 4.78 is 37.1. The number of hydrogen-bond donors (Lipinski definition) is 0. The standard InChI is InChI=1S/C16H14F2O3/c1-2-20-12-4-3-5-13(9-12)21-10-16(19)14-8-11(17)6-7-15(14)18/h3-9H,2,10H2,1H3. The van der Waals surface area contributed by atoms with Crippen LogP contribution in [0.1, 0.15) is 17.3 Å². The molecule has 0 aliphatic rings. The molecule has 0 saturated carbocycles. The SMILES string of the molecule is CCOc1cccc(OCC(=O)c2cc(F)ccc2F)c1. The molecular weight excluding hydrogens is 278 g/mol. The molecule has 0 radical (unpaired) electrons. The molecule has 2 rings (SSSR count). The molecule has 0 bridgehead atoms. The summed E-state index contributed by atoms with van der Waals surface area (Å²) in [5, 5.41) is 0. The average molecular weight is 292 g/mol. The lowest BCUT2D eigenvalue weighted by molar-refractivity contribution is 0.0916. The van der Waals surface area contributed by atoms with Crippen molar-refractivity contribution in [3.63, 3.8) is 0 Å². The van der Waals surface area contributed by atoms with Gasteiger partial charge in [-0.05, 0) is 37.3 Å². The van der Waals surface area contributed by atoms with E-state index in [2.05, 4.69) is 0 Å². The number of halogens is 2. The third kappa shape index (κ3) is 4.02. The maximum atomic E-state index is 13.4. The van der Waals surface area contributed by atoms with Crippen LogP contribution in [-0.2, 0) is 0 Å². The van der Waals surface area contributed by atoms with Gasteiger partial charge in [0, 0.05) is 6.07 Å². The van der Waals surface area contributed by atoms with Crippen molar-refractivity contribution in [1.29, 1.82) is 0 Å². The van der Waals surface area contributed by atoms with Crippen LogP contribution in [0.25, 0.3) is 0 Å². The van der Waals surface area contributed by atoms with E-state index in [9.17, 15) is 13.6 Å². The Morgan fingerprint density at radius 2 is 1.76 bits per heavy atom. The zero-order valence-electron chi connectivity index (χ0n) is 11.4. The molecule has 0 heterocycles. The molecule has 0 fully saturated rings. The number of carbonyl (C=O) groups is 1. The van der Waals surface area contributed by atoms with Gasteiger partial charge in [-0.25, -0.2) is 8.78 Å². The summed E-state index contributed by atoms with van der Waals surface area (Å²) in [4.78, 5) is 11.8. The van der Waals surface area contributed by atoms with E-state index in [1.165, 1.54) is 0 Å². The zero-order valence-corrected chi connectivity index (χ0v) is 11.4. The van der Waals surface area contributed by atoms with Crippen molar-refractivity contribution >= 4 is 5.78 Å². The van der Waals surface area contributed by atoms with Crippen LogP contribution in [0, 0.1) is 11.6 Å². The average Bonchev–Trinajstić information content (AvgIpc) is 2.48. The van der Waals surface area contributed by atoms with Crippen molar-refractivity contribution in [3.8, 4) is 11.5 Å². The lowest BCUT2D eigenvalue weighted by Crippen LogP contribution is -2.13. The molecule has 3 nitrogen and oxygen atoms in total. The lowest BCUT2D eigenvalue weighted by atomic mass is 10.1. The largest absolute Gasteiger partial charge is 0.494 e. The van der Waals surface area contributed by atoms with Gasteiger partial charge >= 0.3 is 0 Å². The fraction of sp³-hybridized carbons (Fsp3) is 0.188. The summed E-state index contributed by atoms with van der Waals surface area (Å²) in [7, 11) is 0. The van der Waals surface area contributed by atoms with E-state index in [1.54, 1.807) is 24.3 Å². The summed E-state index contributed by atoms with van der Waals surface area (Å²) in [6.45, 7) is 1.98. The molecule has 0 unspecified atom stereocenters. The molecule has 110 valence electrons. The fourth-order valence-electron chi connectivity index (χ4n) is 1.76. The van der Waals surface area contributed by atoms with Gasteiger partial charge in [-0.1, -0.05) is 6.07 Å². The first-order valence-corrected chi connectivity index (χ1v) is 6.44. The van der Waals surface area contributed by atoms with Crippen molar-refractivity contribution in [1.82, 2.24) is 0 Å². The Kier molecular flexibility index (Phi) is 4.87. The Morgan fingerprint density at radius 1 is 1.05 bits per heavy atom. The molecule has 0 aromatic heterocycles. The topological polar surface area (TPSA) is 35.5 Å². The van der Waals surface area contributed by atoms with Crippen molar-refractivity contribution in [2.75, 3.05) is 13.2 Å². The van der Waals surface area contributed by atoms with E-state index in [4.69, 9.17) is 9.47 Å². The zero-order chi connectivity index (χ0) is 15.2. The first kappa shape index (κ1) is 15.0. The minimum Gasteiger partial charge on any atom is -0.494 e.